The molecule has 1 aliphatic rings. The first-order valence-corrected chi connectivity index (χ1v) is 11.7. The molecule has 2 heterocycles. The minimum atomic E-state index is -4.36. The first kappa shape index (κ1) is 22.7. The summed E-state index contributed by atoms with van der Waals surface area (Å²) in [6, 6.07) is 10.8. The molecule has 4 nitrogen and oxygen atoms in total. The minimum absolute atomic E-state index is 0.411. The molecule has 9 heteroatoms. The van der Waals surface area contributed by atoms with Gasteiger partial charge >= 0.3 is 12.1 Å². The van der Waals surface area contributed by atoms with Gasteiger partial charge in [0.15, 0.2) is 0 Å². The summed E-state index contributed by atoms with van der Waals surface area (Å²) < 4.78 is 44.1. The number of carboxylic acids is 1. The Morgan fingerprint density at radius 3 is 2.62 bits per heavy atom. The molecule has 0 bridgehead atoms. The number of rotatable bonds is 5. The Hall–Kier alpha value is -2.52. The molecular formula is C23H20F3NO3S2. The smallest absolute Gasteiger partial charge is 0.416 e. The molecule has 0 spiro atoms. The number of benzene rings is 2. The van der Waals surface area contributed by atoms with Crippen molar-refractivity contribution in [3.8, 4) is 16.3 Å². The summed E-state index contributed by atoms with van der Waals surface area (Å²) in [6.45, 7) is 3.48. The van der Waals surface area contributed by atoms with Gasteiger partial charge in [-0.15, -0.1) is 23.1 Å². The largest absolute Gasteiger partial charge is 0.478 e. The number of aryl methyl sites for hydroxylation is 2. The normalized spacial score (nSPS) is 18.2. The van der Waals surface area contributed by atoms with Gasteiger partial charge in [0.05, 0.1) is 11.3 Å². The summed E-state index contributed by atoms with van der Waals surface area (Å²) >= 11 is 3.10. The number of aliphatic carboxylic acids is 1. The van der Waals surface area contributed by atoms with Crippen molar-refractivity contribution in [3.63, 3.8) is 0 Å². The predicted molar refractivity (Wildman–Crippen MR) is 118 cm³/mol. The van der Waals surface area contributed by atoms with E-state index in [2.05, 4.69) is 4.98 Å². The Labute approximate surface area is 191 Å². The number of aromatic nitrogens is 1. The Morgan fingerprint density at radius 2 is 1.97 bits per heavy atom. The van der Waals surface area contributed by atoms with Crippen molar-refractivity contribution in [2.24, 2.45) is 0 Å². The highest BCUT2D eigenvalue weighted by atomic mass is 32.2. The number of hydrogen-bond acceptors (Lipinski definition) is 5. The van der Waals surface area contributed by atoms with Crippen LogP contribution in [-0.2, 0) is 23.1 Å². The van der Waals surface area contributed by atoms with Gasteiger partial charge < -0.3 is 9.84 Å². The monoisotopic (exact) mass is 479 g/mol. The molecule has 4 rings (SSSR count). The summed E-state index contributed by atoms with van der Waals surface area (Å²) in [6.07, 6.45) is -3.32. The standard InChI is InChI=1S/C23H20F3NO3S2/c1-13-19(32-20(27-13)14-3-5-16(6-4-14)23(24,25)26)12-31-17-7-8-18-15(11-17)9-10-22(2,30-18)21(28)29/h3-8,11H,9-10,12H2,1-2H3,(H,28,29). The Kier molecular flexibility index (Phi) is 5.98. The third kappa shape index (κ3) is 4.63. The van der Waals surface area contributed by atoms with E-state index in [1.807, 2.05) is 25.1 Å². The topological polar surface area (TPSA) is 59.4 Å². The second kappa shape index (κ2) is 8.44. The summed E-state index contributed by atoms with van der Waals surface area (Å²) in [5, 5.41) is 10.1. The molecule has 0 saturated carbocycles. The van der Waals surface area contributed by atoms with E-state index in [1.54, 1.807) is 18.7 Å². The lowest BCUT2D eigenvalue weighted by Crippen LogP contribution is -2.44. The van der Waals surface area contributed by atoms with Crippen LogP contribution in [0.25, 0.3) is 10.6 Å². The summed E-state index contributed by atoms with van der Waals surface area (Å²) in [7, 11) is 0. The van der Waals surface area contributed by atoms with Crippen LogP contribution in [0.3, 0.4) is 0 Å². The van der Waals surface area contributed by atoms with Crippen molar-refractivity contribution in [2.45, 2.75) is 49.1 Å². The van der Waals surface area contributed by atoms with Gasteiger partial charge in [0.2, 0.25) is 5.60 Å². The molecule has 1 aliphatic heterocycles. The van der Waals surface area contributed by atoms with Gasteiger partial charge in [-0.2, -0.15) is 13.2 Å². The second-order valence-electron chi connectivity index (χ2n) is 7.80. The highest BCUT2D eigenvalue weighted by Crippen LogP contribution is 2.38. The van der Waals surface area contributed by atoms with Crippen LogP contribution in [0.2, 0.25) is 0 Å². The van der Waals surface area contributed by atoms with E-state index in [0.717, 1.165) is 33.2 Å². The predicted octanol–water partition coefficient (Wildman–Crippen LogP) is 6.60. The lowest BCUT2D eigenvalue weighted by Gasteiger charge is -2.32. The minimum Gasteiger partial charge on any atom is -0.478 e. The quantitative estimate of drug-likeness (QED) is 0.418. The highest BCUT2D eigenvalue weighted by Gasteiger charge is 2.39. The fourth-order valence-corrected chi connectivity index (χ4v) is 5.57. The summed E-state index contributed by atoms with van der Waals surface area (Å²) in [5.74, 6) is 0.312. The number of thioether (sulfide) groups is 1. The Bertz CT molecular complexity index is 1160. The zero-order valence-corrected chi connectivity index (χ0v) is 19.0. The molecule has 0 amide bonds. The molecule has 1 unspecified atom stereocenters. The molecule has 3 aromatic rings. The van der Waals surface area contributed by atoms with E-state index in [0.29, 0.717) is 34.9 Å². The van der Waals surface area contributed by atoms with Crippen LogP contribution in [0.15, 0.2) is 47.4 Å². The Balaban J connectivity index is 1.45. The lowest BCUT2D eigenvalue weighted by molar-refractivity contribution is -0.155. The number of alkyl halides is 3. The van der Waals surface area contributed by atoms with E-state index >= 15 is 0 Å². The third-order valence-corrected chi connectivity index (χ3v) is 7.82. The fraction of sp³-hybridized carbons (Fsp3) is 0.304. The third-order valence-electron chi connectivity index (χ3n) is 5.41. The van der Waals surface area contributed by atoms with Gasteiger partial charge in [-0.3, -0.25) is 0 Å². The van der Waals surface area contributed by atoms with E-state index in [-0.39, 0.29) is 0 Å². The molecular weight excluding hydrogens is 459 g/mol. The van der Waals surface area contributed by atoms with E-state index in [1.165, 1.54) is 23.5 Å². The van der Waals surface area contributed by atoms with Crippen LogP contribution in [0.5, 0.6) is 5.75 Å². The second-order valence-corrected chi connectivity index (χ2v) is 9.93. The molecule has 0 radical (unpaired) electrons. The van der Waals surface area contributed by atoms with E-state index < -0.39 is 23.3 Å². The summed E-state index contributed by atoms with van der Waals surface area (Å²) in [5.41, 5.74) is 0.632. The molecule has 2 aromatic carbocycles. The van der Waals surface area contributed by atoms with Crippen molar-refractivity contribution >= 4 is 29.1 Å². The number of carboxylic acid groups (broad SMARTS) is 1. The average molecular weight is 480 g/mol. The Morgan fingerprint density at radius 1 is 1.25 bits per heavy atom. The van der Waals surface area contributed by atoms with Crippen LogP contribution in [-0.4, -0.2) is 21.7 Å². The van der Waals surface area contributed by atoms with Gasteiger partial charge in [0, 0.05) is 27.5 Å². The maximum absolute atomic E-state index is 12.8. The SMILES string of the molecule is Cc1nc(-c2ccc(C(F)(F)F)cc2)sc1CSc1ccc2c(c1)CCC(C)(C(=O)O)O2. The van der Waals surface area contributed by atoms with Gasteiger partial charge in [0.1, 0.15) is 10.8 Å². The number of thiazole rings is 1. The van der Waals surface area contributed by atoms with E-state index in [9.17, 15) is 23.1 Å². The zero-order valence-electron chi connectivity index (χ0n) is 17.3. The molecule has 32 heavy (non-hydrogen) atoms. The zero-order chi connectivity index (χ0) is 23.1. The van der Waals surface area contributed by atoms with Crippen LogP contribution in [0.4, 0.5) is 13.2 Å². The summed E-state index contributed by atoms with van der Waals surface area (Å²) in [4.78, 5) is 18.1. The number of hydrogen-bond donors (Lipinski definition) is 1. The van der Waals surface area contributed by atoms with Crippen LogP contribution in [0, 0.1) is 6.92 Å². The molecule has 0 fully saturated rings. The molecule has 1 N–H and O–H groups in total. The fourth-order valence-electron chi connectivity index (χ4n) is 3.39. The van der Waals surface area contributed by atoms with Crippen molar-refractivity contribution < 1.29 is 27.8 Å². The lowest BCUT2D eigenvalue weighted by atomic mass is 9.93. The van der Waals surface area contributed by atoms with Gasteiger partial charge in [-0.25, -0.2) is 9.78 Å². The van der Waals surface area contributed by atoms with Gasteiger partial charge in [-0.05, 0) is 56.2 Å². The van der Waals surface area contributed by atoms with Crippen LogP contribution >= 0.6 is 23.1 Å². The molecule has 0 saturated heterocycles. The van der Waals surface area contributed by atoms with Crippen molar-refractivity contribution in [1.29, 1.82) is 0 Å². The van der Waals surface area contributed by atoms with E-state index in [4.69, 9.17) is 4.74 Å². The molecule has 1 aromatic heterocycles. The van der Waals surface area contributed by atoms with Gasteiger partial charge in [-0.1, -0.05) is 12.1 Å². The van der Waals surface area contributed by atoms with Crippen molar-refractivity contribution in [2.75, 3.05) is 0 Å². The van der Waals surface area contributed by atoms with Crippen LogP contribution in [0.1, 0.15) is 35.0 Å². The average Bonchev–Trinajstić information content (AvgIpc) is 3.12. The highest BCUT2D eigenvalue weighted by molar-refractivity contribution is 7.98. The molecule has 0 aliphatic carbocycles. The molecule has 1 atom stereocenters. The van der Waals surface area contributed by atoms with Gasteiger partial charge in [0.25, 0.3) is 0 Å². The number of carbonyl (C=O) groups is 1. The first-order valence-electron chi connectivity index (χ1n) is 9.87. The number of ether oxygens (including phenoxy) is 1. The van der Waals surface area contributed by atoms with Crippen molar-refractivity contribution in [1.82, 2.24) is 4.98 Å². The number of fused-ring (bicyclic) bond motifs is 1. The number of halogens is 3. The maximum atomic E-state index is 12.8. The van der Waals surface area contributed by atoms with Crippen molar-refractivity contribution in [3.05, 3.63) is 64.2 Å². The first-order chi connectivity index (χ1) is 15.0. The maximum Gasteiger partial charge on any atom is 0.416 e. The molecule has 168 valence electrons. The van der Waals surface area contributed by atoms with Crippen LogP contribution < -0.4 is 4.74 Å². The number of nitrogens with zero attached hydrogens (tertiary/aromatic N) is 1.